The molecule has 2 saturated heterocycles. The molecule has 0 bridgehead atoms. The molecule has 7 rings (SSSR count). The highest BCUT2D eigenvalue weighted by Crippen LogP contribution is 2.30. The van der Waals surface area contributed by atoms with Crippen molar-refractivity contribution in [1.82, 2.24) is 30.2 Å². The fraction of sp³-hybridized carbons (Fsp3) is 0.310. The number of hydrogen-bond acceptors (Lipinski definition) is 11. The Morgan fingerprint density at radius 2 is 1.27 bits per heavy atom. The van der Waals surface area contributed by atoms with Gasteiger partial charge in [-0.15, -0.1) is 0 Å². The van der Waals surface area contributed by atoms with Gasteiger partial charge in [0, 0.05) is 42.9 Å². The molecule has 3 N–H and O–H groups in total. The zero-order valence-electron chi connectivity index (χ0n) is 31.5. The Morgan fingerprint density at radius 3 is 1.84 bits per heavy atom. The minimum absolute atomic E-state index is 0.00174. The van der Waals surface area contributed by atoms with Crippen molar-refractivity contribution in [3.8, 4) is 34.0 Å². The second kappa shape index (κ2) is 19.8. The van der Waals surface area contributed by atoms with E-state index in [0.717, 1.165) is 60.5 Å². The summed E-state index contributed by atoms with van der Waals surface area (Å²) in [5.74, 6) is 1.81. The summed E-state index contributed by atoms with van der Waals surface area (Å²) < 4.78 is 16.2. The maximum Gasteiger partial charge on any atom is 0.410 e. The summed E-state index contributed by atoms with van der Waals surface area (Å²) in [6, 6.07) is 28.2. The van der Waals surface area contributed by atoms with E-state index in [1.54, 1.807) is 31.3 Å². The van der Waals surface area contributed by atoms with Crippen molar-refractivity contribution in [2.45, 2.75) is 32.3 Å². The van der Waals surface area contributed by atoms with Gasteiger partial charge in [-0.2, -0.15) is 0 Å². The van der Waals surface area contributed by atoms with Crippen molar-refractivity contribution in [2.24, 2.45) is 11.8 Å². The van der Waals surface area contributed by atoms with Gasteiger partial charge in [0.25, 0.3) is 0 Å². The van der Waals surface area contributed by atoms with Crippen LogP contribution in [0, 0.1) is 11.8 Å². The molecule has 0 aliphatic carbocycles. The molecule has 3 amide bonds. The second-order valence-corrected chi connectivity index (χ2v) is 13.3. The third kappa shape index (κ3) is 10.6. The second-order valence-electron chi connectivity index (χ2n) is 13.3. The van der Waals surface area contributed by atoms with Crippen molar-refractivity contribution < 1.29 is 28.6 Å². The van der Waals surface area contributed by atoms with E-state index in [4.69, 9.17) is 14.2 Å². The molecule has 2 unspecified atom stereocenters. The number of carbonyl (C=O) groups excluding carboxylic acids is 3. The minimum Gasteiger partial charge on any atom is -0.496 e. The molecule has 56 heavy (non-hydrogen) atoms. The van der Waals surface area contributed by atoms with Crippen LogP contribution in [-0.2, 0) is 20.9 Å². The Bertz CT molecular complexity index is 2080. The number of anilines is 2. The largest absolute Gasteiger partial charge is 0.496 e. The SMILES string of the molecule is COc1ccccc1-c1cc(NC(=O)C2CCCN(C(=O)OCc3ccccc3)C2)ncn1.COc1ccccc1-c1cc(NC(=O)C2CCCNC2)ncn1. The molecule has 0 spiro atoms. The van der Waals surface area contributed by atoms with E-state index in [2.05, 4.69) is 35.9 Å². The third-order valence-corrected chi connectivity index (χ3v) is 9.53. The molecule has 2 atom stereocenters. The van der Waals surface area contributed by atoms with Crippen molar-refractivity contribution >= 4 is 29.5 Å². The van der Waals surface area contributed by atoms with Gasteiger partial charge in [-0.25, -0.2) is 24.7 Å². The number of nitrogens with zero attached hydrogens (tertiary/aromatic N) is 5. The Hall–Kier alpha value is -6.41. The number of benzene rings is 3. The van der Waals surface area contributed by atoms with E-state index < -0.39 is 6.09 Å². The number of methoxy groups -OCH3 is 2. The van der Waals surface area contributed by atoms with Gasteiger partial charge in [0.1, 0.15) is 42.4 Å². The molecule has 290 valence electrons. The lowest BCUT2D eigenvalue weighted by molar-refractivity contribution is -0.121. The maximum atomic E-state index is 12.9. The molecule has 4 heterocycles. The van der Waals surface area contributed by atoms with Crippen LogP contribution in [0.25, 0.3) is 22.5 Å². The summed E-state index contributed by atoms with van der Waals surface area (Å²) in [5, 5.41) is 9.00. The molecule has 3 aromatic carbocycles. The summed E-state index contributed by atoms with van der Waals surface area (Å²) >= 11 is 0. The summed E-state index contributed by atoms with van der Waals surface area (Å²) in [5.41, 5.74) is 3.96. The van der Waals surface area contributed by atoms with Gasteiger partial charge in [0.2, 0.25) is 11.8 Å². The summed E-state index contributed by atoms with van der Waals surface area (Å²) in [6.07, 6.45) is 5.81. The van der Waals surface area contributed by atoms with Gasteiger partial charge in [-0.3, -0.25) is 9.59 Å². The standard InChI is InChI=1S/C25H26N4O4.C17H20N4O2/c1-32-22-12-6-5-11-20(22)21-14-23(27-17-26-21)28-24(30)19-10-7-13-29(15-19)25(31)33-16-18-8-3-2-4-9-18;1-23-15-7-3-2-6-13(15)14-9-16(20-11-19-14)21-17(22)12-5-4-8-18-10-12/h2-6,8-9,11-12,14,17,19H,7,10,13,15-16H2,1H3,(H,26,27,28,30);2-3,6-7,9,11-12,18H,4-5,8,10H2,1H3,(H,19,20,21,22). The first-order chi connectivity index (χ1) is 27.4. The molecular weight excluding hydrogens is 713 g/mol. The molecule has 2 fully saturated rings. The van der Waals surface area contributed by atoms with Crippen molar-refractivity contribution in [2.75, 3.05) is 51.0 Å². The van der Waals surface area contributed by atoms with Crippen LogP contribution < -0.4 is 25.4 Å². The van der Waals surface area contributed by atoms with E-state index in [1.165, 1.54) is 12.7 Å². The van der Waals surface area contributed by atoms with Crippen LogP contribution in [0.3, 0.4) is 0 Å². The lowest BCUT2D eigenvalue weighted by atomic mass is 9.97. The van der Waals surface area contributed by atoms with E-state index in [9.17, 15) is 14.4 Å². The lowest BCUT2D eigenvalue weighted by Gasteiger charge is -2.31. The summed E-state index contributed by atoms with van der Waals surface area (Å²) in [7, 11) is 3.22. The van der Waals surface area contributed by atoms with E-state index in [0.29, 0.717) is 42.6 Å². The lowest BCUT2D eigenvalue weighted by Crippen LogP contribution is -2.44. The van der Waals surface area contributed by atoms with Gasteiger partial charge >= 0.3 is 6.09 Å². The predicted molar refractivity (Wildman–Crippen MR) is 212 cm³/mol. The topological polar surface area (TPSA) is 170 Å². The molecule has 2 aromatic heterocycles. The van der Waals surface area contributed by atoms with E-state index >= 15 is 0 Å². The summed E-state index contributed by atoms with van der Waals surface area (Å²) in [6.45, 7) is 2.79. The fourth-order valence-electron chi connectivity index (χ4n) is 6.56. The number of hydrogen-bond donors (Lipinski definition) is 3. The zero-order chi connectivity index (χ0) is 39.1. The molecular formula is C42H46N8O6. The number of nitrogens with one attached hydrogen (secondary N) is 3. The predicted octanol–water partition coefficient (Wildman–Crippen LogP) is 6.23. The Kier molecular flexibility index (Phi) is 13.9. The average molecular weight is 759 g/mol. The molecule has 0 saturated carbocycles. The smallest absolute Gasteiger partial charge is 0.410 e. The van der Waals surface area contributed by atoms with Crippen LogP contribution in [0.4, 0.5) is 16.4 Å². The quantitative estimate of drug-likeness (QED) is 0.148. The Morgan fingerprint density at radius 1 is 0.714 bits per heavy atom. The number of carbonyl (C=O) groups is 3. The van der Waals surface area contributed by atoms with Gasteiger partial charge in [-0.1, -0.05) is 54.6 Å². The molecule has 2 aliphatic rings. The van der Waals surface area contributed by atoms with Gasteiger partial charge in [0.15, 0.2) is 0 Å². The first-order valence-electron chi connectivity index (χ1n) is 18.6. The zero-order valence-corrected chi connectivity index (χ0v) is 31.5. The monoisotopic (exact) mass is 758 g/mol. The van der Waals surface area contributed by atoms with Gasteiger partial charge in [-0.05, 0) is 62.1 Å². The van der Waals surface area contributed by atoms with Crippen LogP contribution in [0.2, 0.25) is 0 Å². The first-order valence-corrected chi connectivity index (χ1v) is 18.6. The average Bonchev–Trinajstić information content (AvgIpc) is 3.26. The summed E-state index contributed by atoms with van der Waals surface area (Å²) in [4.78, 5) is 56.2. The number of ether oxygens (including phenoxy) is 3. The molecule has 2 aliphatic heterocycles. The molecule has 5 aromatic rings. The number of likely N-dealkylation sites (tertiary alicyclic amines) is 1. The maximum absolute atomic E-state index is 12.9. The van der Waals surface area contributed by atoms with Crippen LogP contribution in [0.15, 0.2) is 104 Å². The highest BCUT2D eigenvalue weighted by atomic mass is 16.6. The normalized spacial score (nSPS) is 16.4. The van der Waals surface area contributed by atoms with E-state index in [-0.39, 0.29) is 30.3 Å². The van der Waals surface area contributed by atoms with Crippen LogP contribution in [-0.4, -0.2) is 83.1 Å². The van der Waals surface area contributed by atoms with E-state index in [1.807, 2.05) is 78.9 Å². The number of piperidine rings is 2. The van der Waals surface area contributed by atoms with Crippen molar-refractivity contribution in [3.05, 3.63) is 109 Å². The van der Waals surface area contributed by atoms with Crippen LogP contribution >= 0.6 is 0 Å². The molecule has 14 nitrogen and oxygen atoms in total. The highest BCUT2D eigenvalue weighted by Gasteiger charge is 2.30. The molecule has 14 heteroatoms. The first kappa shape index (κ1) is 39.3. The minimum atomic E-state index is -0.406. The fourth-order valence-corrected chi connectivity index (χ4v) is 6.56. The Balaban J connectivity index is 0.000000202. The van der Waals surface area contributed by atoms with Gasteiger partial charge < -0.3 is 35.1 Å². The third-order valence-electron chi connectivity index (χ3n) is 9.53. The number of amides is 3. The van der Waals surface area contributed by atoms with Crippen molar-refractivity contribution in [1.29, 1.82) is 0 Å². The molecule has 0 radical (unpaired) electrons. The number of rotatable bonds is 10. The van der Waals surface area contributed by atoms with Crippen molar-refractivity contribution in [3.63, 3.8) is 0 Å². The van der Waals surface area contributed by atoms with Crippen LogP contribution in [0.5, 0.6) is 11.5 Å². The highest BCUT2D eigenvalue weighted by molar-refractivity contribution is 5.93. The Labute approximate surface area is 326 Å². The van der Waals surface area contributed by atoms with Gasteiger partial charge in [0.05, 0.1) is 37.4 Å². The number of aromatic nitrogens is 4. The number of para-hydroxylation sites is 2. The van der Waals surface area contributed by atoms with Crippen LogP contribution in [0.1, 0.15) is 31.2 Å².